The summed E-state index contributed by atoms with van der Waals surface area (Å²) in [6.07, 6.45) is 0. The lowest BCUT2D eigenvalue weighted by atomic mass is 10.0. The number of hydrogen-bond acceptors (Lipinski definition) is 6. The fourth-order valence-electron chi connectivity index (χ4n) is 5.28. The lowest BCUT2D eigenvalue weighted by Gasteiger charge is -2.09. The number of rotatable bonds is 6. The number of nitrogens with one attached hydrogen (secondary N) is 2. The molecule has 0 fully saturated rings. The van der Waals surface area contributed by atoms with Crippen LogP contribution < -0.4 is 10.6 Å². The van der Waals surface area contributed by atoms with E-state index in [1.807, 2.05) is 98.8 Å². The quantitative estimate of drug-likeness (QED) is 0.187. The number of hydrogen-bond donors (Lipinski definition) is 2. The Balaban J connectivity index is 1.15. The fraction of sp³-hybridized carbons (Fsp3) is 0.0526. The molecule has 0 saturated carbocycles. The first-order valence-corrected chi connectivity index (χ1v) is 14.8. The minimum absolute atomic E-state index is 0.226. The van der Waals surface area contributed by atoms with Gasteiger partial charge >= 0.3 is 0 Å². The molecule has 0 aliphatic heterocycles. The summed E-state index contributed by atoms with van der Waals surface area (Å²) in [4.78, 5) is 44.3. The van der Waals surface area contributed by atoms with Gasteiger partial charge in [0.15, 0.2) is 0 Å². The molecule has 4 aromatic heterocycles. The van der Waals surface area contributed by atoms with Crippen LogP contribution in [0.2, 0.25) is 0 Å². The van der Waals surface area contributed by atoms with Crippen LogP contribution in [0.1, 0.15) is 32.1 Å². The van der Waals surface area contributed by atoms with Crippen molar-refractivity contribution in [2.24, 2.45) is 0 Å². The first-order chi connectivity index (χ1) is 22.4. The van der Waals surface area contributed by atoms with Crippen molar-refractivity contribution in [2.75, 3.05) is 10.6 Å². The molecule has 0 spiro atoms. The van der Waals surface area contributed by atoms with Crippen LogP contribution in [-0.2, 0) is 0 Å². The molecule has 0 radical (unpaired) electrons. The summed E-state index contributed by atoms with van der Waals surface area (Å²) >= 11 is 0. The van der Waals surface area contributed by atoms with Crippen LogP contribution in [0.25, 0.3) is 44.3 Å². The summed E-state index contributed by atoms with van der Waals surface area (Å²) in [7, 11) is 0. The molecule has 0 bridgehead atoms. The number of carbonyl (C=O) groups is 2. The third kappa shape index (κ3) is 5.92. The molecule has 8 heteroatoms. The van der Waals surface area contributed by atoms with Gasteiger partial charge in [-0.1, -0.05) is 60.7 Å². The van der Waals surface area contributed by atoms with Crippen molar-refractivity contribution < 1.29 is 9.59 Å². The predicted molar refractivity (Wildman–Crippen MR) is 182 cm³/mol. The van der Waals surface area contributed by atoms with Crippen molar-refractivity contribution in [3.05, 3.63) is 144 Å². The number of pyridine rings is 4. The third-order valence-corrected chi connectivity index (χ3v) is 7.67. The van der Waals surface area contributed by atoms with Crippen LogP contribution in [0.5, 0.6) is 0 Å². The zero-order valence-electron chi connectivity index (χ0n) is 25.2. The number of carbonyl (C=O) groups excluding carboxylic acids is 2. The molecule has 46 heavy (non-hydrogen) atoms. The molecule has 4 heterocycles. The van der Waals surface area contributed by atoms with Crippen LogP contribution in [0.15, 0.2) is 121 Å². The molecule has 0 saturated heterocycles. The van der Waals surface area contributed by atoms with Crippen molar-refractivity contribution in [1.29, 1.82) is 0 Å². The molecule has 2 amide bonds. The van der Waals surface area contributed by atoms with Crippen molar-refractivity contribution in [3.63, 3.8) is 0 Å². The molecule has 0 atom stereocenters. The Labute approximate surface area is 265 Å². The molecule has 3 aromatic carbocycles. The van der Waals surface area contributed by atoms with Crippen molar-refractivity contribution in [3.8, 4) is 22.5 Å². The van der Waals surface area contributed by atoms with E-state index in [1.165, 1.54) is 0 Å². The molecular weight excluding hydrogens is 572 g/mol. The summed E-state index contributed by atoms with van der Waals surface area (Å²) < 4.78 is 0. The highest BCUT2D eigenvalue weighted by atomic mass is 16.2. The number of anilines is 2. The van der Waals surface area contributed by atoms with Crippen LogP contribution in [0.3, 0.4) is 0 Å². The highest BCUT2D eigenvalue weighted by molar-refractivity contribution is 6.06. The van der Waals surface area contributed by atoms with Gasteiger partial charge in [0, 0.05) is 44.4 Å². The Morgan fingerprint density at radius 1 is 0.457 bits per heavy atom. The molecule has 0 aliphatic rings. The Kier molecular flexibility index (Phi) is 7.44. The highest BCUT2D eigenvalue weighted by Crippen LogP contribution is 2.29. The summed E-state index contributed by atoms with van der Waals surface area (Å²) in [5, 5.41) is 7.63. The summed E-state index contributed by atoms with van der Waals surface area (Å²) in [5.41, 5.74) is 7.61. The zero-order valence-corrected chi connectivity index (χ0v) is 25.2. The number of nitrogens with zero attached hydrogens (tertiary/aromatic N) is 4. The van der Waals surface area contributed by atoms with Crippen molar-refractivity contribution in [1.82, 2.24) is 19.9 Å². The standard InChI is InChI=1S/C38H28N6O2/c1-23-5-3-7-33(39-23)43-37(45)29-15-9-25(10-16-29)31-21-19-27-13-14-28-20-22-32(42-36(28)35(27)41-31)26-11-17-30(18-12-26)38(46)44-34-8-4-6-24(2)40-34/h3-22H,1-2H3,(H,39,43,45)(H,40,44,46). The second-order valence-corrected chi connectivity index (χ2v) is 11.0. The minimum Gasteiger partial charge on any atom is -0.307 e. The van der Waals surface area contributed by atoms with Crippen LogP contribution in [-0.4, -0.2) is 31.8 Å². The maximum atomic E-state index is 12.8. The summed E-state index contributed by atoms with van der Waals surface area (Å²) in [6, 6.07) is 37.8. The predicted octanol–water partition coefficient (Wildman–Crippen LogP) is 8.03. The Hall–Kier alpha value is -6.28. The minimum atomic E-state index is -0.226. The van der Waals surface area contributed by atoms with E-state index in [0.717, 1.165) is 55.7 Å². The number of aryl methyl sites for hydroxylation is 2. The Morgan fingerprint density at radius 2 is 0.848 bits per heavy atom. The average Bonchev–Trinajstić information content (AvgIpc) is 3.08. The van der Waals surface area contributed by atoms with E-state index in [9.17, 15) is 9.59 Å². The van der Waals surface area contributed by atoms with Gasteiger partial charge in [0.1, 0.15) is 11.6 Å². The Morgan fingerprint density at radius 3 is 1.24 bits per heavy atom. The lowest BCUT2D eigenvalue weighted by Crippen LogP contribution is -2.13. The third-order valence-electron chi connectivity index (χ3n) is 7.67. The van der Waals surface area contributed by atoms with Gasteiger partial charge in [-0.3, -0.25) is 9.59 Å². The summed E-state index contributed by atoms with van der Waals surface area (Å²) in [5.74, 6) is 0.578. The van der Waals surface area contributed by atoms with Gasteiger partial charge in [-0.25, -0.2) is 19.9 Å². The normalized spacial score (nSPS) is 11.0. The van der Waals surface area contributed by atoms with Crippen LogP contribution in [0.4, 0.5) is 11.6 Å². The van der Waals surface area contributed by atoms with Gasteiger partial charge in [0.2, 0.25) is 0 Å². The van der Waals surface area contributed by atoms with E-state index >= 15 is 0 Å². The molecule has 222 valence electrons. The monoisotopic (exact) mass is 600 g/mol. The zero-order chi connectivity index (χ0) is 31.6. The maximum Gasteiger partial charge on any atom is 0.256 e. The molecule has 7 rings (SSSR count). The van der Waals surface area contributed by atoms with E-state index in [-0.39, 0.29) is 11.8 Å². The number of amides is 2. The SMILES string of the molecule is Cc1cccc(NC(=O)c2ccc(-c3ccc4ccc5ccc(-c6ccc(C(=O)Nc7cccc(C)n7)cc6)nc5c4n3)cc2)n1. The smallest absolute Gasteiger partial charge is 0.256 e. The molecule has 0 aliphatic carbocycles. The number of benzene rings is 3. The van der Waals surface area contributed by atoms with Gasteiger partial charge in [-0.2, -0.15) is 0 Å². The molecular formula is C38H28N6O2. The van der Waals surface area contributed by atoms with Crippen molar-refractivity contribution in [2.45, 2.75) is 13.8 Å². The number of aromatic nitrogens is 4. The average molecular weight is 601 g/mol. The van der Waals surface area contributed by atoms with Gasteiger partial charge in [-0.05, 0) is 74.5 Å². The number of fused-ring (bicyclic) bond motifs is 3. The van der Waals surface area contributed by atoms with Gasteiger partial charge < -0.3 is 10.6 Å². The van der Waals surface area contributed by atoms with Crippen LogP contribution >= 0.6 is 0 Å². The second kappa shape index (κ2) is 12.0. The summed E-state index contributed by atoms with van der Waals surface area (Å²) in [6.45, 7) is 3.76. The van der Waals surface area contributed by atoms with E-state index in [0.29, 0.717) is 22.8 Å². The highest BCUT2D eigenvalue weighted by Gasteiger charge is 2.12. The second-order valence-electron chi connectivity index (χ2n) is 11.0. The van der Waals surface area contributed by atoms with E-state index in [1.54, 1.807) is 36.4 Å². The van der Waals surface area contributed by atoms with E-state index in [4.69, 9.17) is 9.97 Å². The van der Waals surface area contributed by atoms with Crippen molar-refractivity contribution >= 4 is 45.3 Å². The van der Waals surface area contributed by atoms with Gasteiger partial charge in [0.25, 0.3) is 11.8 Å². The van der Waals surface area contributed by atoms with E-state index < -0.39 is 0 Å². The topological polar surface area (TPSA) is 110 Å². The largest absolute Gasteiger partial charge is 0.307 e. The van der Waals surface area contributed by atoms with Gasteiger partial charge in [-0.15, -0.1) is 0 Å². The van der Waals surface area contributed by atoms with E-state index in [2.05, 4.69) is 20.6 Å². The van der Waals surface area contributed by atoms with Crippen LogP contribution in [0, 0.1) is 13.8 Å². The Bertz CT molecular complexity index is 2100. The molecule has 7 aromatic rings. The first-order valence-electron chi connectivity index (χ1n) is 14.8. The molecule has 8 nitrogen and oxygen atoms in total. The van der Waals surface area contributed by atoms with Gasteiger partial charge in [0.05, 0.1) is 22.4 Å². The first kappa shape index (κ1) is 28.5. The molecule has 2 N–H and O–H groups in total. The maximum absolute atomic E-state index is 12.8. The lowest BCUT2D eigenvalue weighted by molar-refractivity contribution is 0.101. The molecule has 0 unspecified atom stereocenters. The fourth-order valence-corrected chi connectivity index (χ4v) is 5.28.